The Bertz CT molecular complexity index is 1210. The minimum atomic E-state index is -1.18. The zero-order valence-corrected chi connectivity index (χ0v) is 18.1. The molecule has 1 saturated heterocycles. The lowest BCUT2D eigenvalue weighted by Crippen LogP contribution is -2.50. The number of rotatable bonds is 3. The van der Waals surface area contributed by atoms with E-state index in [0.29, 0.717) is 23.9 Å². The molecule has 1 aromatic carbocycles. The Labute approximate surface area is 190 Å². The lowest BCUT2D eigenvalue weighted by Gasteiger charge is -2.37. The summed E-state index contributed by atoms with van der Waals surface area (Å²) >= 11 is 1.69. The first kappa shape index (κ1) is 21.9. The molecule has 3 aliphatic rings. The molecule has 2 amide bonds. The number of fused-ring (bicyclic) bond motifs is 4. The van der Waals surface area contributed by atoms with Crippen LogP contribution in [0, 0.1) is 17.5 Å². The molecule has 3 heterocycles. The summed E-state index contributed by atoms with van der Waals surface area (Å²) in [6.07, 6.45) is 5.19. The molecule has 2 N–H and O–H groups in total. The minimum Gasteiger partial charge on any atom is -0.503 e. The Kier molecular flexibility index (Phi) is 5.38. The highest BCUT2D eigenvalue weighted by molar-refractivity contribution is 8.00. The highest BCUT2D eigenvalue weighted by Gasteiger charge is 2.49. The largest absolute Gasteiger partial charge is 0.503 e. The predicted molar refractivity (Wildman–Crippen MR) is 113 cm³/mol. The molecule has 0 spiro atoms. The van der Waals surface area contributed by atoms with Gasteiger partial charge in [0.15, 0.2) is 11.4 Å². The van der Waals surface area contributed by atoms with Gasteiger partial charge in [0.05, 0.1) is 11.9 Å². The summed E-state index contributed by atoms with van der Waals surface area (Å²) < 4.78 is 42.2. The second-order valence-corrected chi connectivity index (χ2v) is 9.87. The van der Waals surface area contributed by atoms with E-state index in [9.17, 15) is 32.7 Å². The zero-order valence-electron chi connectivity index (χ0n) is 17.3. The van der Waals surface area contributed by atoms with Gasteiger partial charge in [-0.25, -0.2) is 13.2 Å². The van der Waals surface area contributed by atoms with Crippen LogP contribution in [0.5, 0.6) is 5.75 Å². The molecule has 2 aliphatic heterocycles. The van der Waals surface area contributed by atoms with Gasteiger partial charge in [-0.15, -0.1) is 11.8 Å². The van der Waals surface area contributed by atoms with E-state index in [4.69, 9.17) is 0 Å². The van der Waals surface area contributed by atoms with Crippen LogP contribution >= 0.6 is 11.8 Å². The van der Waals surface area contributed by atoms with Crippen LogP contribution in [0.25, 0.3) is 0 Å². The van der Waals surface area contributed by atoms with Crippen molar-refractivity contribution in [2.24, 2.45) is 0 Å². The summed E-state index contributed by atoms with van der Waals surface area (Å²) in [6, 6.07) is 1.03. The number of nitrogens with zero attached hydrogens (tertiary/aromatic N) is 2. The number of benzene rings is 1. The molecule has 5 rings (SSSR count). The van der Waals surface area contributed by atoms with Gasteiger partial charge in [0.25, 0.3) is 11.8 Å². The highest BCUT2D eigenvalue weighted by Crippen LogP contribution is 2.46. The van der Waals surface area contributed by atoms with Crippen molar-refractivity contribution in [2.75, 3.05) is 0 Å². The number of amides is 2. The molecule has 0 bridgehead atoms. The number of pyridine rings is 1. The normalized spacial score (nSPS) is 23.7. The lowest BCUT2D eigenvalue weighted by molar-refractivity contribution is 0.0573. The molecule has 1 aromatic heterocycles. The van der Waals surface area contributed by atoms with Crippen molar-refractivity contribution in [3.63, 3.8) is 0 Å². The summed E-state index contributed by atoms with van der Waals surface area (Å²) in [5, 5.41) is 12.9. The molecule has 174 valence electrons. The summed E-state index contributed by atoms with van der Waals surface area (Å²) in [6.45, 7) is -0.332. The van der Waals surface area contributed by atoms with E-state index in [1.807, 2.05) is 0 Å². The van der Waals surface area contributed by atoms with Crippen LogP contribution in [-0.4, -0.2) is 43.1 Å². The van der Waals surface area contributed by atoms with E-state index >= 15 is 0 Å². The van der Waals surface area contributed by atoms with E-state index in [1.54, 1.807) is 16.7 Å². The number of carbonyl (C=O) groups is 2. The Morgan fingerprint density at radius 3 is 2.58 bits per heavy atom. The molecule has 33 heavy (non-hydrogen) atoms. The second kappa shape index (κ2) is 8.12. The Balaban J connectivity index is 1.43. The van der Waals surface area contributed by atoms with Gasteiger partial charge < -0.3 is 19.9 Å². The molecular formula is C22H20F3N3O4S. The van der Waals surface area contributed by atoms with Crippen molar-refractivity contribution in [1.82, 2.24) is 14.8 Å². The third kappa shape index (κ3) is 3.58. The summed E-state index contributed by atoms with van der Waals surface area (Å²) in [4.78, 5) is 40.3. The fraction of sp³-hybridized carbons (Fsp3) is 0.409. The monoisotopic (exact) mass is 479 g/mol. The molecule has 2 fully saturated rings. The molecule has 3 atom stereocenters. The first-order valence-corrected chi connectivity index (χ1v) is 11.6. The van der Waals surface area contributed by atoms with Crippen molar-refractivity contribution >= 4 is 23.6 Å². The Morgan fingerprint density at radius 2 is 1.85 bits per heavy atom. The van der Waals surface area contributed by atoms with E-state index in [-0.39, 0.29) is 17.1 Å². The second-order valence-electron chi connectivity index (χ2n) is 8.45. The number of nitrogens with one attached hydrogen (secondary N) is 1. The highest BCUT2D eigenvalue weighted by atomic mass is 32.2. The first-order chi connectivity index (χ1) is 15.8. The van der Waals surface area contributed by atoms with Crippen molar-refractivity contribution in [3.8, 4) is 5.75 Å². The molecule has 1 aliphatic carbocycles. The quantitative estimate of drug-likeness (QED) is 0.707. The van der Waals surface area contributed by atoms with Crippen LogP contribution in [0.4, 0.5) is 13.2 Å². The molecule has 0 radical (unpaired) electrons. The van der Waals surface area contributed by atoms with E-state index in [2.05, 4.69) is 5.32 Å². The Morgan fingerprint density at radius 1 is 1.15 bits per heavy atom. The van der Waals surface area contributed by atoms with E-state index in [0.717, 1.165) is 25.7 Å². The smallest absolute Gasteiger partial charge is 0.275 e. The van der Waals surface area contributed by atoms with Crippen LogP contribution in [0.1, 0.15) is 52.1 Å². The third-order valence-electron chi connectivity index (χ3n) is 6.49. The van der Waals surface area contributed by atoms with Gasteiger partial charge in [-0.1, -0.05) is 12.8 Å². The summed E-state index contributed by atoms with van der Waals surface area (Å²) in [5.41, 5.74) is -2.23. The average molecular weight is 479 g/mol. The lowest BCUT2D eigenvalue weighted by atomic mass is 9.93. The van der Waals surface area contributed by atoms with Crippen LogP contribution < -0.4 is 10.7 Å². The van der Waals surface area contributed by atoms with Gasteiger partial charge in [-0.2, -0.15) is 0 Å². The van der Waals surface area contributed by atoms with Gasteiger partial charge in [0.1, 0.15) is 23.0 Å². The maximum Gasteiger partial charge on any atom is 0.275 e. The number of aromatic nitrogens is 1. The number of hydrogen-bond acceptors (Lipinski definition) is 5. The number of carbonyl (C=O) groups excluding carboxylic acids is 2. The Hall–Kier alpha value is -2.95. The van der Waals surface area contributed by atoms with Gasteiger partial charge in [0.2, 0.25) is 5.43 Å². The number of aromatic hydroxyl groups is 1. The third-order valence-corrected chi connectivity index (χ3v) is 8.08. The van der Waals surface area contributed by atoms with E-state index in [1.165, 1.54) is 10.8 Å². The van der Waals surface area contributed by atoms with Crippen LogP contribution in [0.2, 0.25) is 0 Å². The molecule has 7 nitrogen and oxygen atoms in total. The van der Waals surface area contributed by atoms with Crippen molar-refractivity contribution < 1.29 is 27.9 Å². The fourth-order valence-electron chi connectivity index (χ4n) is 4.92. The fourth-order valence-corrected chi connectivity index (χ4v) is 6.71. The van der Waals surface area contributed by atoms with E-state index < -0.39 is 58.1 Å². The molecule has 1 unspecified atom stereocenters. The zero-order chi connectivity index (χ0) is 23.4. The van der Waals surface area contributed by atoms with Crippen molar-refractivity contribution in [2.45, 2.75) is 55.4 Å². The first-order valence-electron chi connectivity index (χ1n) is 10.6. The number of halogens is 3. The number of thioether (sulfide) groups is 1. The SMILES string of the molecule is O=C(NCc1c(F)cc(F)cc1F)c1cn2c(c(O)c1=O)C(=O)N1C(C2)S[C@@H]2CCCC[C@@H]21. The van der Waals surface area contributed by atoms with Crippen molar-refractivity contribution in [1.29, 1.82) is 0 Å². The van der Waals surface area contributed by atoms with Crippen LogP contribution in [0.15, 0.2) is 23.1 Å². The molecule has 2 aromatic rings. The van der Waals surface area contributed by atoms with Crippen LogP contribution in [0.3, 0.4) is 0 Å². The maximum atomic E-state index is 13.8. The standard InChI is InChI=1S/C22H20F3N3O4S/c23-10-5-13(24)11(14(25)6-10)7-26-21(31)12-8-27-9-17-28(15-3-1-2-4-16(15)33-17)22(32)18(27)20(30)19(12)29/h5-6,8,15-17,30H,1-4,7,9H2,(H,26,31)/t15-,16+,17?/m0/s1. The summed E-state index contributed by atoms with van der Waals surface area (Å²) in [7, 11) is 0. The van der Waals surface area contributed by atoms with Gasteiger partial charge in [0, 0.05) is 41.7 Å². The van der Waals surface area contributed by atoms with Gasteiger partial charge in [-0.3, -0.25) is 14.4 Å². The van der Waals surface area contributed by atoms with Gasteiger partial charge in [-0.05, 0) is 12.8 Å². The molecule has 1 saturated carbocycles. The molecular weight excluding hydrogens is 459 g/mol. The number of hydrogen-bond donors (Lipinski definition) is 2. The summed E-state index contributed by atoms with van der Waals surface area (Å²) in [5.74, 6) is -5.69. The topological polar surface area (TPSA) is 91.6 Å². The predicted octanol–water partition coefficient (Wildman–Crippen LogP) is 2.74. The maximum absolute atomic E-state index is 13.8. The average Bonchev–Trinajstić information content (AvgIpc) is 3.13. The van der Waals surface area contributed by atoms with Crippen LogP contribution in [-0.2, 0) is 13.1 Å². The van der Waals surface area contributed by atoms with Crippen molar-refractivity contribution in [3.05, 3.63) is 62.8 Å². The minimum absolute atomic E-state index is 0.0629. The molecule has 11 heteroatoms. The van der Waals surface area contributed by atoms with Gasteiger partial charge >= 0.3 is 0 Å².